The molecule has 0 unspecified atom stereocenters. The number of carbonyl (C=O) groups is 1. The summed E-state index contributed by atoms with van der Waals surface area (Å²) in [6.45, 7) is 8.24. The molecule has 0 radical (unpaired) electrons. The van der Waals surface area contributed by atoms with Gasteiger partial charge < -0.3 is 25.5 Å². The monoisotopic (exact) mass is 396 g/mol. The van der Waals surface area contributed by atoms with Crippen LogP contribution in [-0.2, 0) is 6.42 Å². The van der Waals surface area contributed by atoms with Crippen molar-refractivity contribution in [3.63, 3.8) is 0 Å². The van der Waals surface area contributed by atoms with Crippen molar-refractivity contribution in [2.75, 3.05) is 43.4 Å². The van der Waals surface area contributed by atoms with Crippen LogP contribution in [0.2, 0.25) is 0 Å². The lowest BCUT2D eigenvalue weighted by molar-refractivity contribution is 0.248. The maximum Gasteiger partial charge on any atom is 0.319 e. The molecule has 3 rings (SSSR count). The Morgan fingerprint density at radius 1 is 1.10 bits per heavy atom. The number of phenols is 1. The summed E-state index contributed by atoms with van der Waals surface area (Å²) in [6, 6.07) is 13.3. The highest BCUT2D eigenvalue weighted by Gasteiger charge is 2.15. The number of nitrogens with one attached hydrogen (secondary N) is 2. The fourth-order valence-electron chi connectivity index (χ4n) is 3.55. The number of amides is 2. The lowest BCUT2D eigenvalue weighted by Gasteiger charge is -2.34. The molecule has 1 aliphatic rings. The Morgan fingerprint density at radius 3 is 2.45 bits per heavy atom. The zero-order valence-electron chi connectivity index (χ0n) is 17.6. The van der Waals surface area contributed by atoms with E-state index in [9.17, 15) is 9.90 Å². The lowest BCUT2D eigenvalue weighted by Crippen LogP contribution is -2.44. The summed E-state index contributed by atoms with van der Waals surface area (Å²) in [4.78, 5) is 17.1. The molecule has 6 nitrogen and oxygen atoms in total. The summed E-state index contributed by atoms with van der Waals surface area (Å²) >= 11 is 0. The number of hydrogen-bond donors (Lipinski definition) is 3. The maximum absolute atomic E-state index is 12.4. The molecule has 29 heavy (non-hydrogen) atoms. The lowest BCUT2D eigenvalue weighted by atomic mass is 10.1. The number of urea groups is 1. The van der Waals surface area contributed by atoms with E-state index in [1.807, 2.05) is 32.0 Å². The van der Waals surface area contributed by atoms with E-state index in [4.69, 9.17) is 0 Å². The summed E-state index contributed by atoms with van der Waals surface area (Å²) in [5, 5.41) is 15.3. The predicted octanol–water partition coefficient (Wildman–Crippen LogP) is 3.60. The highest BCUT2D eigenvalue weighted by Crippen LogP contribution is 2.23. The number of likely N-dealkylation sites (N-methyl/N-ethyl adjacent to an activating group) is 1. The Balaban J connectivity index is 1.48. The van der Waals surface area contributed by atoms with Crippen molar-refractivity contribution in [3.8, 4) is 5.75 Å². The van der Waals surface area contributed by atoms with Crippen molar-refractivity contribution < 1.29 is 9.90 Å². The number of phenolic OH excluding ortho intramolecular Hbond substituents is 1. The topological polar surface area (TPSA) is 67.8 Å². The number of aryl methyl sites for hydroxylation is 2. The minimum Gasteiger partial charge on any atom is -0.508 e. The standard InChI is InChI=1S/C23H32N4O2/c1-17-16-20(27-14-12-26(3)13-15-27)8-11-22(17)25-23(29)24-18(2)4-5-19-6-9-21(28)10-7-19/h6-11,16,18,28H,4-5,12-15H2,1-3H3,(H2,24,25,29)/t18-/m1/s1. The molecule has 6 heteroatoms. The first-order valence-corrected chi connectivity index (χ1v) is 10.3. The molecule has 0 spiro atoms. The van der Waals surface area contributed by atoms with E-state index in [1.54, 1.807) is 12.1 Å². The molecule has 1 saturated heterocycles. The Bertz CT molecular complexity index is 814. The van der Waals surface area contributed by atoms with Gasteiger partial charge in [-0.25, -0.2) is 4.79 Å². The van der Waals surface area contributed by atoms with Crippen LogP contribution in [0, 0.1) is 6.92 Å². The average molecular weight is 397 g/mol. The molecule has 1 fully saturated rings. The minimum atomic E-state index is -0.182. The summed E-state index contributed by atoms with van der Waals surface area (Å²) in [7, 11) is 2.15. The van der Waals surface area contributed by atoms with Crippen LogP contribution in [0.4, 0.5) is 16.2 Å². The predicted molar refractivity (Wildman–Crippen MR) is 119 cm³/mol. The minimum absolute atomic E-state index is 0.0497. The van der Waals surface area contributed by atoms with Crippen LogP contribution in [0.1, 0.15) is 24.5 Å². The third-order valence-electron chi connectivity index (χ3n) is 5.51. The molecule has 2 aromatic rings. The first-order chi connectivity index (χ1) is 13.9. The van der Waals surface area contributed by atoms with Gasteiger partial charge in [0.25, 0.3) is 0 Å². The number of benzene rings is 2. The van der Waals surface area contributed by atoms with Gasteiger partial charge in [0.2, 0.25) is 0 Å². The molecule has 0 aromatic heterocycles. The molecule has 3 N–H and O–H groups in total. The van der Waals surface area contributed by atoms with E-state index >= 15 is 0 Å². The smallest absolute Gasteiger partial charge is 0.319 e. The molecule has 156 valence electrons. The van der Waals surface area contributed by atoms with Crippen molar-refractivity contribution in [3.05, 3.63) is 53.6 Å². The summed E-state index contributed by atoms with van der Waals surface area (Å²) in [5.41, 5.74) is 4.26. The molecular weight excluding hydrogens is 364 g/mol. The van der Waals surface area contributed by atoms with Crippen LogP contribution in [0.3, 0.4) is 0 Å². The Labute approximate surface area is 173 Å². The number of aromatic hydroxyl groups is 1. The van der Waals surface area contributed by atoms with Crippen molar-refractivity contribution in [2.45, 2.75) is 32.7 Å². The zero-order valence-corrected chi connectivity index (χ0v) is 17.6. The van der Waals surface area contributed by atoms with Gasteiger partial charge in [0.05, 0.1) is 0 Å². The van der Waals surface area contributed by atoms with Crippen LogP contribution in [0.25, 0.3) is 0 Å². The third kappa shape index (κ3) is 6.12. The number of rotatable bonds is 6. The van der Waals surface area contributed by atoms with Gasteiger partial charge in [-0.3, -0.25) is 0 Å². The maximum atomic E-state index is 12.4. The quantitative estimate of drug-likeness (QED) is 0.698. The SMILES string of the molecule is Cc1cc(N2CCN(C)CC2)ccc1NC(=O)N[C@H](C)CCc1ccc(O)cc1. The third-order valence-corrected chi connectivity index (χ3v) is 5.51. The van der Waals surface area contributed by atoms with E-state index in [-0.39, 0.29) is 17.8 Å². The molecule has 1 heterocycles. The van der Waals surface area contributed by atoms with Crippen LogP contribution in [-0.4, -0.2) is 55.3 Å². The Kier molecular flexibility index (Phi) is 6.99. The first-order valence-electron chi connectivity index (χ1n) is 10.3. The molecule has 1 aliphatic heterocycles. The van der Waals surface area contributed by atoms with Gasteiger partial charge in [0.15, 0.2) is 0 Å². The fourth-order valence-corrected chi connectivity index (χ4v) is 3.55. The van der Waals surface area contributed by atoms with Crippen LogP contribution in [0.15, 0.2) is 42.5 Å². The summed E-state index contributed by atoms with van der Waals surface area (Å²) in [5.74, 6) is 0.272. The molecule has 2 aromatic carbocycles. The summed E-state index contributed by atoms with van der Waals surface area (Å²) < 4.78 is 0. The van der Waals surface area contributed by atoms with E-state index in [1.165, 1.54) is 5.69 Å². The number of hydrogen-bond acceptors (Lipinski definition) is 4. The second-order valence-electron chi connectivity index (χ2n) is 7.99. The number of nitrogens with zero attached hydrogens (tertiary/aromatic N) is 2. The largest absolute Gasteiger partial charge is 0.508 e. The summed E-state index contributed by atoms with van der Waals surface area (Å²) in [6.07, 6.45) is 1.68. The van der Waals surface area contributed by atoms with E-state index in [2.05, 4.69) is 39.6 Å². The van der Waals surface area contributed by atoms with E-state index in [0.717, 1.165) is 55.8 Å². The highest BCUT2D eigenvalue weighted by atomic mass is 16.3. The van der Waals surface area contributed by atoms with Crippen LogP contribution >= 0.6 is 0 Å². The Morgan fingerprint density at radius 2 is 1.79 bits per heavy atom. The van der Waals surface area contributed by atoms with Gasteiger partial charge in [0, 0.05) is 43.6 Å². The molecule has 0 bridgehead atoms. The van der Waals surface area contributed by atoms with Gasteiger partial charge in [0.1, 0.15) is 5.75 Å². The second-order valence-corrected chi connectivity index (χ2v) is 7.99. The van der Waals surface area contributed by atoms with Gasteiger partial charge >= 0.3 is 6.03 Å². The molecular formula is C23H32N4O2. The number of carbonyl (C=O) groups excluding carboxylic acids is 1. The Hall–Kier alpha value is -2.73. The second kappa shape index (κ2) is 9.65. The number of anilines is 2. The fraction of sp³-hybridized carbons (Fsp3) is 0.435. The van der Waals surface area contributed by atoms with Gasteiger partial charge in [-0.1, -0.05) is 12.1 Å². The van der Waals surface area contributed by atoms with Crippen molar-refractivity contribution in [2.24, 2.45) is 0 Å². The molecule has 2 amide bonds. The molecule has 0 aliphatic carbocycles. The van der Waals surface area contributed by atoms with E-state index < -0.39 is 0 Å². The van der Waals surface area contributed by atoms with Crippen LogP contribution in [0.5, 0.6) is 5.75 Å². The van der Waals surface area contributed by atoms with Gasteiger partial charge in [-0.05, 0) is 75.2 Å². The van der Waals surface area contributed by atoms with Gasteiger partial charge in [-0.2, -0.15) is 0 Å². The highest BCUT2D eigenvalue weighted by molar-refractivity contribution is 5.90. The van der Waals surface area contributed by atoms with Crippen molar-refractivity contribution in [1.82, 2.24) is 10.2 Å². The van der Waals surface area contributed by atoms with Crippen LogP contribution < -0.4 is 15.5 Å². The molecule has 0 saturated carbocycles. The first kappa shape index (κ1) is 21.0. The van der Waals surface area contributed by atoms with E-state index in [0.29, 0.717) is 0 Å². The normalized spacial score (nSPS) is 15.8. The average Bonchev–Trinajstić information content (AvgIpc) is 2.69. The zero-order chi connectivity index (χ0) is 20.8. The van der Waals surface area contributed by atoms with Crippen molar-refractivity contribution >= 4 is 17.4 Å². The van der Waals surface area contributed by atoms with Gasteiger partial charge in [-0.15, -0.1) is 0 Å². The molecule has 1 atom stereocenters. The van der Waals surface area contributed by atoms with Crippen molar-refractivity contribution in [1.29, 1.82) is 0 Å². The number of piperazine rings is 1.